The molecular formula is C25H51N7O8. The molecule has 3 heterocycles. The van der Waals surface area contributed by atoms with E-state index in [-0.39, 0.29) is 29.5 Å². The molecule has 0 saturated carbocycles. The van der Waals surface area contributed by atoms with Crippen LogP contribution in [0.15, 0.2) is 17.4 Å². The molecule has 3 unspecified atom stereocenters. The zero-order chi connectivity index (χ0) is 31.2. The Morgan fingerprint density at radius 2 is 1.32 bits per heavy atom. The van der Waals surface area contributed by atoms with Gasteiger partial charge in [0.1, 0.15) is 18.3 Å². The minimum absolute atomic E-state index is 0.111. The first-order valence-corrected chi connectivity index (χ1v) is 13.0. The Morgan fingerprint density at radius 1 is 0.875 bits per heavy atom. The summed E-state index contributed by atoms with van der Waals surface area (Å²) in [5.74, 6) is 0. The van der Waals surface area contributed by atoms with Gasteiger partial charge in [0.15, 0.2) is 17.4 Å². The van der Waals surface area contributed by atoms with E-state index in [9.17, 15) is 15.0 Å². The third-order valence-electron chi connectivity index (χ3n) is 5.04. The second-order valence-corrected chi connectivity index (χ2v) is 10.6. The molecule has 1 fully saturated rings. The highest BCUT2D eigenvalue weighted by atomic mass is 16.6. The quantitative estimate of drug-likeness (QED) is 0.174. The first-order chi connectivity index (χ1) is 18.5. The molecule has 1 aliphatic rings. The van der Waals surface area contributed by atoms with Gasteiger partial charge >= 0.3 is 0 Å². The minimum atomic E-state index is -1.24. The Bertz CT molecular complexity index is 930. The summed E-state index contributed by atoms with van der Waals surface area (Å²) < 4.78 is 6.70. The fraction of sp³-hybridized carbons (Fsp3) is 0.800. The molecule has 0 bridgehead atoms. The van der Waals surface area contributed by atoms with Gasteiger partial charge in [-0.3, -0.25) is 9.36 Å². The summed E-state index contributed by atoms with van der Waals surface area (Å²) >= 11 is 0. The van der Waals surface area contributed by atoms with Crippen LogP contribution in [-0.2, 0) is 4.74 Å². The van der Waals surface area contributed by atoms with Crippen LogP contribution in [0, 0.1) is 0 Å². The zero-order valence-corrected chi connectivity index (χ0v) is 25.2. The van der Waals surface area contributed by atoms with Crippen LogP contribution in [0.3, 0.4) is 0 Å². The number of nitrogens with one attached hydrogen (secondary N) is 1. The van der Waals surface area contributed by atoms with Gasteiger partial charge in [0.2, 0.25) is 0 Å². The number of ether oxygens (including phenoxy) is 1. The molecule has 1 aliphatic heterocycles. The summed E-state index contributed by atoms with van der Waals surface area (Å²) in [5.41, 5.74) is -0.0608. The van der Waals surface area contributed by atoms with Crippen LogP contribution in [0.4, 0.5) is 0 Å². The molecule has 0 radical (unpaired) electrons. The Labute approximate surface area is 236 Å². The molecule has 2 aromatic rings. The summed E-state index contributed by atoms with van der Waals surface area (Å²) in [6.07, 6.45) is -2.38. The Balaban J connectivity index is 0.000000603. The molecule has 15 nitrogen and oxygen atoms in total. The Morgan fingerprint density at radius 3 is 1.65 bits per heavy atom. The molecule has 2 aromatic heterocycles. The number of fused-ring (bicyclic) bond motifs is 1. The fourth-order valence-corrected chi connectivity index (χ4v) is 3.74. The lowest BCUT2D eigenvalue weighted by Gasteiger charge is -2.16. The second kappa shape index (κ2) is 19.1. The fourth-order valence-electron chi connectivity index (χ4n) is 3.74. The van der Waals surface area contributed by atoms with E-state index in [1.807, 2.05) is 57.0 Å². The number of likely N-dealkylation sites (N-methyl/N-ethyl adjacent to an activating group) is 3. The average molecular weight is 578 g/mol. The second-order valence-electron chi connectivity index (χ2n) is 10.6. The maximum absolute atomic E-state index is 11.5. The van der Waals surface area contributed by atoms with Gasteiger partial charge in [-0.2, -0.15) is 0 Å². The number of aromatic nitrogens is 4. The molecule has 0 aromatic carbocycles. The van der Waals surface area contributed by atoms with Crippen molar-refractivity contribution < 1.29 is 35.4 Å². The van der Waals surface area contributed by atoms with Crippen molar-refractivity contribution in [3.8, 4) is 0 Å². The topological polar surface area (TPSA) is 204 Å². The predicted molar refractivity (Wildman–Crippen MR) is 152 cm³/mol. The maximum Gasteiger partial charge on any atom is 0.278 e. The van der Waals surface area contributed by atoms with E-state index in [4.69, 9.17) is 25.2 Å². The van der Waals surface area contributed by atoms with Gasteiger partial charge in [0.25, 0.3) is 5.56 Å². The molecule has 234 valence electrons. The van der Waals surface area contributed by atoms with E-state index in [0.717, 1.165) is 19.6 Å². The van der Waals surface area contributed by atoms with Gasteiger partial charge in [-0.05, 0) is 63.1 Å². The highest BCUT2D eigenvalue weighted by Gasteiger charge is 2.43. The van der Waals surface area contributed by atoms with E-state index in [0.29, 0.717) is 0 Å². The number of aliphatic hydroxyl groups is 6. The van der Waals surface area contributed by atoms with Gasteiger partial charge in [-0.15, -0.1) is 0 Å². The van der Waals surface area contributed by atoms with Crippen LogP contribution in [0.2, 0.25) is 0 Å². The minimum Gasteiger partial charge on any atom is -0.394 e. The summed E-state index contributed by atoms with van der Waals surface area (Å²) in [5, 5.41) is 54.7. The van der Waals surface area contributed by atoms with Crippen molar-refractivity contribution >= 4 is 11.2 Å². The molecule has 1 saturated heterocycles. The molecule has 0 amide bonds. The summed E-state index contributed by atoms with van der Waals surface area (Å²) in [6, 6.07) is 0. The van der Waals surface area contributed by atoms with Crippen LogP contribution < -0.4 is 5.56 Å². The third-order valence-corrected chi connectivity index (χ3v) is 5.04. The number of aliphatic hydroxyl groups excluding tert-OH is 6. The van der Waals surface area contributed by atoms with Crippen molar-refractivity contribution in [1.29, 1.82) is 0 Å². The lowest BCUT2D eigenvalue weighted by Crippen LogP contribution is -2.33. The molecule has 7 atom stereocenters. The molecule has 0 aliphatic carbocycles. The first-order valence-electron chi connectivity index (χ1n) is 13.0. The number of H-pyrrole nitrogens is 1. The van der Waals surface area contributed by atoms with Gasteiger partial charge in [0, 0.05) is 19.6 Å². The van der Waals surface area contributed by atoms with E-state index in [1.165, 1.54) is 17.2 Å². The predicted octanol–water partition coefficient (Wildman–Crippen LogP) is -2.48. The monoisotopic (exact) mass is 577 g/mol. The first kappa shape index (κ1) is 38.0. The number of aromatic amines is 1. The number of rotatable bonds is 8. The van der Waals surface area contributed by atoms with Crippen molar-refractivity contribution in [3.63, 3.8) is 0 Å². The molecular weight excluding hydrogens is 526 g/mol. The van der Waals surface area contributed by atoms with Crippen molar-refractivity contribution in [2.75, 3.05) is 68.5 Å². The van der Waals surface area contributed by atoms with Crippen molar-refractivity contribution in [2.45, 2.75) is 63.6 Å². The SMILES string of the molecule is CC(O)CN(C)C.CC(O)CN(C)C.CC(O)CN(C)C.O=c1[nH]cnc2c1ncn2[C@@H]1O[C@H](CO)[C@@H](O)[C@H]1O. The van der Waals surface area contributed by atoms with Crippen LogP contribution in [0.5, 0.6) is 0 Å². The lowest BCUT2D eigenvalue weighted by atomic mass is 10.1. The lowest BCUT2D eigenvalue weighted by molar-refractivity contribution is -0.0511. The molecule has 15 heteroatoms. The Kier molecular flexibility index (Phi) is 18.2. The van der Waals surface area contributed by atoms with Gasteiger partial charge in [-0.1, -0.05) is 0 Å². The van der Waals surface area contributed by atoms with Gasteiger partial charge in [0.05, 0.1) is 37.6 Å². The summed E-state index contributed by atoms with van der Waals surface area (Å²) in [4.78, 5) is 27.6. The third kappa shape index (κ3) is 14.5. The maximum atomic E-state index is 11.5. The van der Waals surface area contributed by atoms with Gasteiger partial charge < -0.3 is 55.1 Å². The van der Waals surface area contributed by atoms with Gasteiger partial charge in [-0.25, -0.2) is 9.97 Å². The zero-order valence-electron chi connectivity index (χ0n) is 25.2. The smallest absolute Gasteiger partial charge is 0.278 e. The van der Waals surface area contributed by atoms with E-state index >= 15 is 0 Å². The highest BCUT2D eigenvalue weighted by Crippen LogP contribution is 2.30. The molecule has 3 rings (SSSR count). The molecule has 7 N–H and O–H groups in total. The van der Waals surface area contributed by atoms with Crippen LogP contribution in [0.25, 0.3) is 11.2 Å². The van der Waals surface area contributed by atoms with Crippen LogP contribution >= 0.6 is 0 Å². The molecule has 0 spiro atoms. The van der Waals surface area contributed by atoms with Crippen molar-refractivity contribution in [3.05, 3.63) is 23.0 Å². The van der Waals surface area contributed by atoms with Crippen LogP contribution in [0.1, 0.15) is 27.0 Å². The molecule has 40 heavy (non-hydrogen) atoms. The summed E-state index contributed by atoms with van der Waals surface area (Å²) in [7, 11) is 11.6. The van der Waals surface area contributed by atoms with E-state index in [2.05, 4.69) is 15.0 Å². The number of hydrogen-bond donors (Lipinski definition) is 7. The number of hydrogen-bond acceptors (Lipinski definition) is 13. The Hall–Kier alpha value is -2.05. The summed E-state index contributed by atoms with van der Waals surface area (Å²) in [6.45, 7) is 7.16. The number of nitrogens with zero attached hydrogens (tertiary/aromatic N) is 6. The average Bonchev–Trinajstić information content (AvgIpc) is 3.34. The van der Waals surface area contributed by atoms with Crippen molar-refractivity contribution in [1.82, 2.24) is 34.2 Å². The van der Waals surface area contributed by atoms with Crippen LogP contribution in [-0.4, -0.2) is 170 Å². The van der Waals surface area contributed by atoms with E-state index in [1.54, 1.807) is 20.8 Å². The van der Waals surface area contributed by atoms with Crippen molar-refractivity contribution in [2.24, 2.45) is 0 Å². The van der Waals surface area contributed by atoms with E-state index < -0.39 is 36.7 Å². The number of imidazole rings is 1. The largest absolute Gasteiger partial charge is 0.394 e. The normalized spacial score (nSPS) is 22.6. The highest BCUT2D eigenvalue weighted by molar-refractivity contribution is 5.68. The standard InChI is InChI=1S/C10H12N4O5.3C5H13NO/c15-1-4-6(16)7(17)10(19-4)14-3-13-5-8(14)11-2-12-9(5)18;3*1-5(7)4-6(2)3/h2-4,6-7,10,15-17H,1H2,(H,11,12,18);3*5,7H,4H2,1-3H3/t4-,6-,7-,10-;;;/m1.../s1.